The van der Waals surface area contributed by atoms with E-state index in [2.05, 4.69) is 38.3 Å². The lowest BCUT2D eigenvalue weighted by atomic mass is 10.1. The molecule has 1 atom stereocenters. The van der Waals surface area contributed by atoms with Crippen molar-refractivity contribution in [2.75, 3.05) is 29.9 Å². The molecule has 5 aromatic rings. The van der Waals surface area contributed by atoms with E-state index in [1.54, 1.807) is 0 Å². The molecule has 1 aliphatic heterocycles. The Morgan fingerprint density at radius 1 is 1.06 bits per heavy atom. The Labute approximate surface area is 207 Å². The van der Waals surface area contributed by atoms with E-state index in [9.17, 15) is 0 Å². The lowest BCUT2D eigenvalue weighted by Gasteiger charge is -2.31. The van der Waals surface area contributed by atoms with Gasteiger partial charge in [0, 0.05) is 30.0 Å². The highest BCUT2D eigenvalue weighted by atomic mass is 35.5. The van der Waals surface area contributed by atoms with E-state index in [-0.39, 0.29) is 6.10 Å². The number of fused-ring (bicyclic) bond motifs is 1. The van der Waals surface area contributed by atoms with Crippen LogP contribution in [0.4, 0.5) is 17.2 Å². The maximum atomic E-state index is 6.55. The fourth-order valence-electron chi connectivity index (χ4n) is 4.42. The summed E-state index contributed by atoms with van der Waals surface area (Å²) >= 11 is 6.55. The number of H-pyrrole nitrogens is 1. The van der Waals surface area contributed by atoms with Crippen molar-refractivity contribution < 1.29 is 9.26 Å². The van der Waals surface area contributed by atoms with Crippen LogP contribution in [0.3, 0.4) is 0 Å². The Hall–Kier alpha value is -3.81. The van der Waals surface area contributed by atoms with Gasteiger partial charge in [0.15, 0.2) is 11.4 Å². The second-order valence-corrected chi connectivity index (χ2v) is 9.08. The van der Waals surface area contributed by atoms with Crippen LogP contribution in [0.2, 0.25) is 5.02 Å². The Morgan fingerprint density at radius 3 is 2.74 bits per heavy atom. The largest absolute Gasteiger partial charge is 0.375 e. The van der Waals surface area contributed by atoms with Gasteiger partial charge in [-0.1, -0.05) is 47.1 Å². The van der Waals surface area contributed by atoms with Crippen LogP contribution in [-0.2, 0) is 4.74 Å². The molecule has 2 aromatic heterocycles. The van der Waals surface area contributed by atoms with E-state index >= 15 is 0 Å². The molecule has 1 saturated heterocycles. The highest BCUT2D eigenvalue weighted by Gasteiger charge is 2.22. The third-order valence-electron chi connectivity index (χ3n) is 6.16. The minimum atomic E-state index is 0.160. The van der Waals surface area contributed by atoms with Crippen molar-refractivity contribution in [3.8, 4) is 22.6 Å². The predicted molar refractivity (Wildman–Crippen MR) is 139 cm³/mol. The number of ether oxygens (including phenoxy) is 1. The van der Waals surface area contributed by atoms with Crippen molar-refractivity contribution in [1.82, 2.24) is 15.1 Å². The summed E-state index contributed by atoms with van der Waals surface area (Å²) in [6.07, 6.45) is 1.99. The van der Waals surface area contributed by atoms with Crippen LogP contribution >= 0.6 is 11.6 Å². The average molecular weight is 486 g/mol. The zero-order valence-corrected chi connectivity index (χ0v) is 19.9. The first-order valence-corrected chi connectivity index (χ1v) is 12.0. The van der Waals surface area contributed by atoms with Crippen LogP contribution in [-0.4, -0.2) is 40.9 Å². The van der Waals surface area contributed by atoms with Crippen molar-refractivity contribution >= 4 is 39.8 Å². The molecule has 176 valence electrons. The van der Waals surface area contributed by atoms with Crippen LogP contribution in [0.25, 0.3) is 33.6 Å². The van der Waals surface area contributed by atoms with Gasteiger partial charge in [-0.2, -0.15) is 0 Å². The normalized spacial score (nSPS) is 16.1. The quantitative estimate of drug-likeness (QED) is 0.295. The molecular weight excluding hydrogens is 462 g/mol. The number of anilines is 3. The number of nitrogens with one attached hydrogen (secondary N) is 2. The van der Waals surface area contributed by atoms with Crippen molar-refractivity contribution in [3.05, 3.63) is 77.9 Å². The number of aromatic amines is 1. The van der Waals surface area contributed by atoms with Crippen molar-refractivity contribution in [2.24, 2.45) is 0 Å². The van der Waals surface area contributed by atoms with Gasteiger partial charge >= 0.3 is 0 Å². The summed E-state index contributed by atoms with van der Waals surface area (Å²) in [6.45, 7) is 4.33. The third kappa shape index (κ3) is 4.36. The summed E-state index contributed by atoms with van der Waals surface area (Å²) in [6, 6.07) is 21.9. The Balaban J connectivity index is 1.28. The average Bonchev–Trinajstić information content (AvgIpc) is 3.53. The van der Waals surface area contributed by atoms with Crippen LogP contribution < -0.4 is 10.2 Å². The van der Waals surface area contributed by atoms with E-state index in [4.69, 9.17) is 20.9 Å². The molecule has 6 rings (SSSR count). The van der Waals surface area contributed by atoms with Crippen LogP contribution in [0.5, 0.6) is 0 Å². The molecule has 0 amide bonds. The molecular formula is C27H24ClN5O2. The first kappa shape index (κ1) is 21.7. The summed E-state index contributed by atoms with van der Waals surface area (Å²) in [5.41, 5.74) is 5.43. The fraction of sp³-hybridized carbons (Fsp3) is 0.185. The molecule has 8 heteroatoms. The van der Waals surface area contributed by atoms with Crippen molar-refractivity contribution in [2.45, 2.75) is 13.0 Å². The fourth-order valence-corrected chi connectivity index (χ4v) is 4.62. The van der Waals surface area contributed by atoms with Gasteiger partial charge < -0.3 is 24.5 Å². The molecule has 1 aliphatic rings. The minimum Gasteiger partial charge on any atom is -0.375 e. The van der Waals surface area contributed by atoms with Crippen LogP contribution in [0, 0.1) is 0 Å². The zero-order chi connectivity index (χ0) is 23.8. The Bertz CT molecular complexity index is 1480. The van der Waals surface area contributed by atoms with Gasteiger partial charge in [-0.25, -0.2) is 4.98 Å². The Morgan fingerprint density at radius 2 is 1.89 bits per heavy atom. The van der Waals surface area contributed by atoms with Gasteiger partial charge in [-0.05, 0) is 48.9 Å². The molecule has 0 saturated carbocycles. The van der Waals surface area contributed by atoms with E-state index in [1.807, 2.05) is 66.9 Å². The molecule has 0 unspecified atom stereocenters. The van der Waals surface area contributed by atoms with Crippen molar-refractivity contribution in [1.29, 1.82) is 0 Å². The minimum absolute atomic E-state index is 0.160. The molecule has 7 nitrogen and oxygen atoms in total. The first-order chi connectivity index (χ1) is 17.1. The lowest BCUT2D eigenvalue weighted by molar-refractivity contribution is 0.0528. The second-order valence-electron chi connectivity index (χ2n) is 8.68. The lowest BCUT2D eigenvalue weighted by Crippen LogP contribution is -2.41. The van der Waals surface area contributed by atoms with Gasteiger partial charge in [0.25, 0.3) is 0 Å². The molecule has 0 radical (unpaired) electrons. The highest BCUT2D eigenvalue weighted by Crippen LogP contribution is 2.34. The first-order valence-electron chi connectivity index (χ1n) is 11.6. The topological polar surface area (TPSA) is 79.2 Å². The smallest absolute Gasteiger partial charge is 0.180 e. The molecule has 3 aromatic carbocycles. The Kier molecular flexibility index (Phi) is 5.64. The number of nitrogens with zero attached hydrogens (tertiary/aromatic N) is 3. The predicted octanol–water partition coefficient (Wildman–Crippen LogP) is 6.51. The number of hydrogen-bond acceptors (Lipinski definition) is 6. The number of rotatable bonds is 5. The SMILES string of the molecule is C[C@H]1CN(c2noc3ccc(Nc4ccc(Cl)c(-c5ncc(-c6ccccc6)[nH]5)c4)cc23)CCO1. The number of halogens is 1. The number of aromatic nitrogens is 3. The molecule has 2 N–H and O–H groups in total. The molecule has 0 spiro atoms. The number of imidazole rings is 1. The number of morpholine rings is 1. The third-order valence-corrected chi connectivity index (χ3v) is 6.49. The summed E-state index contributed by atoms with van der Waals surface area (Å²) in [5.74, 6) is 1.57. The standard InChI is InChI=1S/C27H24ClN5O2/c1-17-16-33(11-12-34-17)27-22-14-20(8-10-25(22)35-32-27)30-19-7-9-23(28)21(13-19)26-29-15-24(31-26)18-5-3-2-4-6-18/h2-10,13-15,17,30H,11-12,16H2,1H3,(H,29,31)/t17-/m0/s1. The number of hydrogen-bond donors (Lipinski definition) is 2. The molecule has 0 aliphatic carbocycles. The maximum absolute atomic E-state index is 6.55. The number of benzene rings is 3. The van der Waals surface area contributed by atoms with E-state index in [0.29, 0.717) is 11.6 Å². The van der Waals surface area contributed by atoms with Crippen LogP contribution in [0.1, 0.15) is 6.92 Å². The maximum Gasteiger partial charge on any atom is 0.180 e. The van der Waals surface area contributed by atoms with Crippen molar-refractivity contribution in [3.63, 3.8) is 0 Å². The van der Waals surface area contributed by atoms with E-state index in [1.165, 1.54) is 0 Å². The van der Waals surface area contributed by atoms with E-state index < -0.39 is 0 Å². The molecule has 0 bridgehead atoms. The van der Waals surface area contributed by atoms with Gasteiger partial charge in [0.1, 0.15) is 5.82 Å². The molecule has 1 fully saturated rings. The highest BCUT2D eigenvalue weighted by molar-refractivity contribution is 6.33. The van der Waals surface area contributed by atoms with Crippen LogP contribution in [0.15, 0.2) is 77.4 Å². The zero-order valence-electron chi connectivity index (χ0n) is 19.2. The molecule has 3 heterocycles. The summed E-state index contributed by atoms with van der Waals surface area (Å²) in [7, 11) is 0. The molecule has 35 heavy (non-hydrogen) atoms. The second kappa shape index (κ2) is 9.09. The van der Waals surface area contributed by atoms with E-state index in [0.717, 1.165) is 63.9 Å². The van der Waals surface area contributed by atoms with Gasteiger partial charge in [0.2, 0.25) is 0 Å². The van der Waals surface area contributed by atoms with Gasteiger partial charge in [-0.3, -0.25) is 0 Å². The summed E-state index contributed by atoms with van der Waals surface area (Å²) in [4.78, 5) is 10.2. The summed E-state index contributed by atoms with van der Waals surface area (Å²) < 4.78 is 11.3. The van der Waals surface area contributed by atoms with Gasteiger partial charge in [-0.15, -0.1) is 0 Å². The van der Waals surface area contributed by atoms with Gasteiger partial charge in [0.05, 0.1) is 35.0 Å². The summed E-state index contributed by atoms with van der Waals surface area (Å²) in [5, 5.41) is 9.42. The monoisotopic (exact) mass is 485 g/mol.